The number of hydrogen-bond acceptors (Lipinski definition) is 2. The van der Waals surface area contributed by atoms with Gasteiger partial charge in [0.25, 0.3) is 0 Å². The van der Waals surface area contributed by atoms with E-state index in [2.05, 4.69) is 10.3 Å². The molecule has 1 heterocycles. The molecular weight excluding hydrogens is 307 g/mol. The molecule has 0 unspecified atom stereocenters. The second kappa shape index (κ2) is 7.27. The van der Waals surface area contributed by atoms with Gasteiger partial charge in [-0.3, -0.25) is 4.79 Å². The van der Waals surface area contributed by atoms with Gasteiger partial charge in [0.2, 0.25) is 5.91 Å². The quantitative estimate of drug-likeness (QED) is 0.652. The average Bonchev–Trinajstić information content (AvgIpc) is 2.97. The molecule has 3 aromatic rings. The van der Waals surface area contributed by atoms with Gasteiger partial charge in [0.1, 0.15) is 5.82 Å². The summed E-state index contributed by atoms with van der Waals surface area (Å²) in [6, 6.07) is 14.2. The first-order valence-electron chi connectivity index (χ1n) is 7.92. The van der Waals surface area contributed by atoms with Crippen LogP contribution in [0.15, 0.2) is 48.5 Å². The maximum Gasteiger partial charge on any atom is 0.220 e. The standard InChI is InChI=1S/C19H19FN2O2/c20-14-7-5-13(6-8-14)19-16(9-10-18(24)21-11-12-23)15-3-1-2-4-17(15)22-19/h1-8,22-23H,9-12H2,(H,21,24). The second-order valence-electron chi connectivity index (χ2n) is 5.60. The van der Waals surface area contributed by atoms with Gasteiger partial charge in [0, 0.05) is 29.6 Å². The van der Waals surface area contributed by atoms with E-state index in [1.807, 2.05) is 24.3 Å². The monoisotopic (exact) mass is 326 g/mol. The molecule has 0 saturated heterocycles. The summed E-state index contributed by atoms with van der Waals surface area (Å²) in [7, 11) is 0. The van der Waals surface area contributed by atoms with Gasteiger partial charge in [0.05, 0.1) is 6.61 Å². The van der Waals surface area contributed by atoms with Crippen molar-refractivity contribution >= 4 is 16.8 Å². The number of carbonyl (C=O) groups is 1. The number of fused-ring (bicyclic) bond motifs is 1. The maximum absolute atomic E-state index is 13.2. The third kappa shape index (κ3) is 3.46. The van der Waals surface area contributed by atoms with E-state index in [1.165, 1.54) is 12.1 Å². The minimum atomic E-state index is -0.278. The molecule has 3 N–H and O–H groups in total. The van der Waals surface area contributed by atoms with E-state index in [9.17, 15) is 9.18 Å². The third-order valence-electron chi connectivity index (χ3n) is 3.98. The number of benzene rings is 2. The van der Waals surface area contributed by atoms with Crippen LogP contribution < -0.4 is 5.32 Å². The lowest BCUT2D eigenvalue weighted by molar-refractivity contribution is -0.121. The topological polar surface area (TPSA) is 65.1 Å². The SMILES string of the molecule is O=C(CCc1c(-c2ccc(F)cc2)[nH]c2ccccc12)NCCO. The zero-order chi connectivity index (χ0) is 16.9. The highest BCUT2D eigenvalue weighted by Gasteiger charge is 2.14. The summed E-state index contributed by atoms with van der Waals surface area (Å²) < 4.78 is 13.2. The molecule has 3 rings (SSSR count). The Bertz CT molecular complexity index is 840. The van der Waals surface area contributed by atoms with Gasteiger partial charge in [-0.05, 0) is 47.9 Å². The molecule has 0 spiro atoms. The molecule has 0 aliphatic carbocycles. The van der Waals surface area contributed by atoms with Crippen LogP contribution in [-0.2, 0) is 11.2 Å². The first-order valence-corrected chi connectivity index (χ1v) is 7.92. The second-order valence-corrected chi connectivity index (χ2v) is 5.60. The maximum atomic E-state index is 13.2. The van der Waals surface area contributed by atoms with Gasteiger partial charge < -0.3 is 15.4 Å². The van der Waals surface area contributed by atoms with Crippen molar-refractivity contribution in [3.8, 4) is 11.3 Å². The molecule has 2 aromatic carbocycles. The van der Waals surface area contributed by atoms with Gasteiger partial charge in [-0.2, -0.15) is 0 Å². The molecule has 4 nitrogen and oxygen atoms in total. The molecule has 1 amide bonds. The molecule has 124 valence electrons. The van der Waals surface area contributed by atoms with Crippen LogP contribution in [-0.4, -0.2) is 29.1 Å². The van der Waals surface area contributed by atoms with Crippen LogP contribution in [0.3, 0.4) is 0 Å². The van der Waals surface area contributed by atoms with Crippen LogP contribution in [0.4, 0.5) is 4.39 Å². The number of rotatable bonds is 6. The minimum absolute atomic E-state index is 0.0698. The molecule has 0 saturated carbocycles. The van der Waals surface area contributed by atoms with Gasteiger partial charge >= 0.3 is 0 Å². The number of H-pyrrole nitrogens is 1. The summed E-state index contributed by atoms with van der Waals surface area (Å²) in [5.74, 6) is -0.376. The summed E-state index contributed by atoms with van der Waals surface area (Å²) in [5.41, 5.74) is 3.82. The zero-order valence-electron chi connectivity index (χ0n) is 13.2. The third-order valence-corrected chi connectivity index (χ3v) is 3.98. The van der Waals surface area contributed by atoms with Crippen LogP contribution in [0, 0.1) is 5.82 Å². The Hall–Kier alpha value is -2.66. The summed E-state index contributed by atoms with van der Waals surface area (Å²) in [6.45, 7) is 0.192. The molecule has 0 radical (unpaired) electrons. The van der Waals surface area contributed by atoms with Gasteiger partial charge in [0.15, 0.2) is 0 Å². The number of hydrogen-bond donors (Lipinski definition) is 3. The number of aliphatic hydroxyl groups excluding tert-OH is 1. The van der Waals surface area contributed by atoms with Gasteiger partial charge in [-0.15, -0.1) is 0 Å². The van der Waals surface area contributed by atoms with Crippen LogP contribution in [0.25, 0.3) is 22.2 Å². The first kappa shape index (κ1) is 16.2. The van der Waals surface area contributed by atoms with Crippen molar-refractivity contribution in [2.75, 3.05) is 13.2 Å². The van der Waals surface area contributed by atoms with Gasteiger partial charge in [-0.1, -0.05) is 18.2 Å². The van der Waals surface area contributed by atoms with Gasteiger partial charge in [-0.25, -0.2) is 4.39 Å². The van der Waals surface area contributed by atoms with Crippen molar-refractivity contribution in [2.45, 2.75) is 12.8 Å². The number of para-hydroxylation sites is 1. The Kier molecular flexibility index (Phi) is 4.91. The molecule has 0 aliphatic heterocycles. The number of aromatic nitrogens is 1. The Morgan fingerprint density at radius 2 is 1.88 bits per heavy atom. The smallest absolute Gasteiger partial charge is 0.220 e. The fourth-order valence-electron chi connectivity index (χ4n) is 2.84. The van der Waals surface area contributed by atoms with Crippen molar-refractivity contribution < 1.29 is 14.3 Å². The van der Waals surface area contributed by atoms with Crippen molar-refractivity contribution in [1.29, 1.82) is 0 Å². The van der Waals surface area contributed by atoms with E-state index < -0.39 is 0 Å². The van der Waals surface area contributed by atoms with E-state index in [0.29, 0.717) is 12.8 Å². The molecule has 24 heavy (non-hydrogen) atoms. The highest BCUT2D eigenvalue weighted by molar-refractivity contribution is 5.91. The fraction of sp³-hybridized carbons (Fsp3) is 0.211. The fourth-order valence-corrected chi connectivity index (χ4v) is 2.84. The molecular formula is C19H19FN2O2. The van der Waals surface area contributed by atoms with E-state index in [0.717, 1.165) is 27.7 Å². The molecule has 0 fully saturated rings. The molecule has 0 aliphatic rings. The van der Waals surface area contributed by atoms with Crippen molar-refractivity contribution in [2.24, 2.45) is 0 Å². The average molecular weight is 326 g/mol. The van der Waals surface area contributed by atoms with Crippen molar-refractivity contribution in [1.82, 2.24) is 10.3 Å². The number of carbonyl (C=O) groups excluding carboxylic acids is 1. The lowest BCUT2D eigenvalue weighted by atomic mass is 10.0. The molecule has 0 bridgehead atoms. The Morgan fingerprint density at radius 1 is 1.12 bits per heavy atom. The minimum Gasteiger partial charge on any atom is -0.395 e. The summed E-state index contributed by atoms with van der Waals surface area (Å²) in [4.78, 5) is 15.2. The number of aliphatic hydroxyl groups is 1. The molecule has 5 heteroatoms. The van der Waals surface area contributed by atoms with Crippen LogP contribution in [0.1, 0.15) is 12.0 Å². The number of aromatic amines is 1. The highest BCUT2D eigenvalue weighted by Crippen LogP contribution is 2.31. The van der Waals surface area contributed by atoms with Crippen LogP contribution in [0.2, 0.25) is 0 Å². The molecule has 1 aromatic heterocycles. The normalized spacial score (nSPS) is 10.9. The first-order chi connectivity index (χ1) is 11.7. The summed E-state index contributed by atoms with van der Waals surface area (Å²) in [5, 5.41) is 12.5. The van der Waals surface area contributed by atoms with E-state index >= 15 is 0 Å². The van der Waals surface area contributed by atoms with E-state index in [1.54, 1.807) is 12.1 Å². The Labute approximate surface area is 139 Å². The number of aryl methyl sites for hydroxylation is 1. The van der Waals surface area contributed by atoms with Crippen LogP contribution >= 0.6 is 0 Å². The highest BCUT2D eigenvalue weighted by atomic mass is 19.1. The van der Waals surface area contributed by atoms with Crippen molar-refractivity contribution in [3.63, 3.8) is 0 Å². The lowest BCUT2D eigenvalue weighted by Crippen LogP contribution is -2.26. The zero-order valence-corrected chi connectivity index (χ0v) is 13.2. The largest absolute Gasteiger partial charge is 0.395 e. The van der Waals surface area contributed by atoms with E-state index in [4.69, 9.17) is 5.11 Å². The predicted octanol–water partition coefficient (Wildman–Crippen LogP) is 3.02. The molecule has 0 atom stereocenters. The number of nitrogens with one attached hydrogen (secondary N) is 2. The van der Waals surface area contributed by atoms with Crippen LogP contribution in [0.5, 0.6) is 0 Å². The Morgan fingerprint density at radius 3 is 2.62 bits per heavy atom. The van der Waals surface area contributed by atoms with E-state index in [-0.39, 0.29) is 24.9 Å². The Balaban J connectivity index is 1.93. The van der Waals surface area contributed by atoms with Crippen molar-refractivity contribution in [3.05, 3.63) is 59.9 Å². The summed E-state index contributed by atoms with van der Waals surface area (Å²) in [6.07, 6.45) is 0.893. The predicted molar refractivity (Wildman–Crippen MR) is 92.1 cm³/mol. The number of amides is 1. The number of halogens is 1. The lowest BCUT2D eigenvalue weighted by Gasteiger charge is -2.06. The summed E-state index contributed by atoms with van der Waals surface area (Å²) >= 11 is 0.